The molecule has 2 amide bonds. The normalized spacial score (nSPS) is 10.7. The molecule has 0 radical (unpaired) electrons. The van der Waals surface area contributed by atoms with Crippen LogP contribution in [0.3, 0.4) is 0 Å². The quantitative estimate of drug-likeness (QED) is 0.780. The summed E-state index contributed by atoms with van der Waals surface area (Å²) in [6, 6.07) is 12.7. The van der Waals surface area contributed by atoms with Crippen molar-refractivity contribution in [3.8, 4) is 5.75 Å². The minimum Gasteiger partial charge on any atom is -0.434 e. The molecule has 0 saturated carbocycles. The van der Waals surface area contributed by atoms with Gasteiger partial charge < -0.3 is 15.4 Å². The second-order valence-electron chi connectivity index (χ2n) is 5.00. The Morgan fingerprint density at radius 3 is 2.20 bits per heavy atom. The molecular formula is C18H16F2N2O3. The summed E-state index contributed by atoms with van der Waals surface area (Å²) in [7, 11) is 0. The highest BCUT2D eigenvalue weighted by atomic mass is 19.3. The molecule has 0 bridgehead atoms. The van der Waals surface area contributed by atoms with Crippen molar-refractivity contribution in [2.45, 2.75) is 13.5 Å². The lowest BCUT2D eigenvalue weighted by Gasteiger charge is -2.07. The zero-order valence-corrected chi connectivity index (χ0v) is 13.3. The molecule has 0 aliphatic rings. The summed E-state index contributed by atoms with van der Waals surface area (Å²) in [5.41, 5.74) is 1.50. The summed E-state index contributed by atoms with van der Waals surface area (Å²) in [5, 5.41) is 5.24. The van der Waals surface area contributed by atoms with Gasteiger partial charge in [-0.2, -0.15) is 8.78 Å². The van der Waals surface area contributed by atoms with E-state index in [9.17, 15) is 18.4 Å². The number of hydrogen-bond donors (Lipinski definition) is 2. The number of halogens is 2. The standard InChI is InChI=1S/C18H16F2N2O3/c1-12(23)21-14-7-9-15(10-8-14)22-17(24)11-6-13-4-2-3-5-16(13)25-18(19)20/h2-11,18H,1H3,(H,21,23)(H,22,24)/b11-6+. The van der Waals surface area contributed by atoms with Crippen LogP contribution in [-0.2, 0) is 9.59 Å². The van der Waals surface area contributed by atoms with Gasteiger partial charge in [-0.25, -0.2) is 0 Å². The molecule has 7 heteroatoms. The topological polar surface area (TPSA) is 67.4 Å². The average Bonchev–Trinajstić information content (AvgIpc) is 2.55. The van der Waals surface area contributed by atoms with Crippen LogP contribution in [0, 0.1) is 0 Å². The molecule has 2 rings (SSSR count). The van der Waals surface area contributed by atoms with Crippen molar-refractivity contribution in [2.24, 2.45) is 0 Å². The van der Waals surface area contributed by atoms with Gasteiger partial charge >= 0.3 is 6.61 Å². The Balaban J connectivity index is 2.00. The predicted molar refractivity (Wildman–Crippen MR) is 91.5 cm³/mol. The van der Waals surface area contributed by atoms with Crippen LogP contribution >= 0.6 is 0 Å². The van der Waals surface area contributed by atoms with Gasteiger partial charge in [0.15, 0.2) is 0 Å². The molecule has 2 aromatic carbocycles. The van der Waals surface area contributed by atoms with Gasteiger partial charge in [0.25, 0.3) is 0 Å². The Morgan fingerprint density at radius 1 is 1.00 bits per heavy atom. The minimum atomic E-state index is -2.94. The van der Waals surface area contributed by atoms with Crippen LogP contribution in [0.15, 0.2) is 54.6 Å². The van der Waals surface area contributed by atoms with E-state index in [2.05, 4.69) is 15.4 Å². The maximum absolute atomic E-state index is 12.3. The molecule has 0 heterocycles. The van der Waals surface area contributed by atoms with E-state index in [1.807, 2.05) is 0 Å². The Morgan fingerprint density at radius 2 is 1.60 bits per heavy atom. The Kier molecular flexibility index (Phi) is 6.22. The molecule has 0 aliphatic carbocycles. The van der Waals surface area contributed by atoms with Crippen LogP contribution < -0.4 is 15.4 Å². The van der Waals surface area contributed by atoms with Gasteiger partial charge in [-0.05, 0) is 36.4 Å². The number of benzene rings is 2. The number of alkyl halides is 2. The Labute approximate surface area is 143 Å². The van der Waals surface area contributed by atoms with Crippen LogP contribution in [0.5, 0.6) is 5.75 Å². The first kappa shape index (κ1) is 18.1. The van der Waals surface area contributed by atoms with Gasteiger partial charge in [0.1, 0.15) is 5.75 Å². The van der Waals surface area contributed by atoms with E-state index in [0.29, 0.717) is 16.9 Å². The summed E-state index contributed by atoms with van der Waals surface area (Å²) >= 11 is 0. The van der Waals surface area contributed by atoms with E-state index in [4.69, 9.17) is 0 Å². The van der Waals surface area contributed by atoms with E-state index in [1.165, 1.54) is 25.1 Å². The van der Waals surface area contributed by atoms with Crippen LogP contribution in [0.2, 0.25) is 0 Å². The van der Waals surface area contributed by atoms with E-state index in [1.54, 1.807) is 42.5 Å². The predicted octanol–water partition coefficient (Wildman–Crippen LogP) is 3.90. The largest absolute Gasteiger partial charge is 0.434 e. The highest BCUT2D eigenvalue weighted by molar-refractivity contribution is 6.02. The number of carbonyl (C=O) groups excluding carboxylic acids is 2. The van der Waals surface area contributed by atoms with Crippen LogP contribution in [0.25, 0.3) is 6.08 Å². The number of carbonyl (C=O) groups is 2. The zero-order chi connectivity index (χ0) is 18.2. The van der Waals surface area contributed by atoms with Crippen LogP contribution in [0.1, 0.15) is 12.5 Å². The number of hydrogen-bond acceptors (Lipinski definition) is 3. The van der Waals surface area contributed by atoms with Gasteiger partial charge in [0, 0.05) is 29.9 Å². The molecular weight excluding hydrogens is 330 g/mol. The summed E-state index contributed by atoms with van der Waals surface area (Å²) in [4.78, 5) is 22.9. The van der Waals surface area contributed by atoms with Crippen molar-refractivity contribution in [3.05, 3.63) is 60.2 Å². The van der Waals surface area contributed by atoms with Gasteiger partial charge in [-0.15, -0.1) is 0 Å². The smallest absolute Gasteiger partial charge is 0.387 e. The molecule has 130 valence electrons. The number of rotatable bonds is 6. The minimum absolute atomic E-state index is 0.0128. The SMILES string of the molecule is CC(=O)Nc1ccc(NC(=O)/C=C/c2ccccc2OC(F)F)cc1. The third-order valence-electron chi connectivity index (χ3n) is 3.02. The van der Waals surface area contributed by atoms with E-state index in [-0.39, 0.29) is 11.7 Å². The molecule has 0 unspecified atom stereocenters. The molecule has 0 fully saturated rings. The number of amides is 2. The number of ether oxygens (including phenoxy) is 1. The molecule has 0 aliphatic heterocycles. The van der Waals surface area contributed by atoms with Gasteiger partial charge in [-0.1, -0.05) is 18.2 Å². The highest BCUT2D eigenvalue weighted by Crippen LogP contribution is 2.21. The fraction of sp³-hybridized carbons (Fsp3) is 0.111. The Bertz CT molecular complexity index is 774. The first-order valence-corrected chi connectivity index (χ1v) is 7.34. The Hall–Kier alpha value is -3.22. The lowest BCUT2D eigenvalue weighted by molar-refractivity contribution is -0.114. The molecule has 25 heavy (non-hydrogen) atoms. The molecule has 2 N–H and O–H groups in total. The van der Waals surface area contributed by atoms with Gasteiger partial charge in [0.2, 0.25) is 11.8 Å². The fourth-order valence-electron chi connectivity index (χ4n) is 2.01. The number of nitrogens with one attached hydrogen (secondary N) is 2. The molecule has 0 spiro atoms. The van der Waals surface area contributed by atoms with Crippen molar-refractivity contribution in [3.63, 3.8) is 0 Å². The van der Waals surface area contributed by atoms with Crippen molar-refractivity contribution in [2.75, 3.05) is 10.6 Å². The maximum Gasteiger partial charge on any atom is 0.387 e. The summed E-state index contributed by atoms with van der Waals surface area (Å²) in [6.45, 7) is -1.54. The van der Waals surface area contributed by atoms with E-state index in [0.717, 1.165) is 0 Å². The summed E-state index contributed by atoms with van der Waals surface area (Å²) in [5.74, 6) is -0.635. The second kappa shape index (κ2) is 8.58. The van der Waals surface area contributed by atoms with Gasteiger partial charge in [-0.3, -0.25) is 9.59 Å². The van der Waals surface area contributed by atoms with Crippen LogP contribution in [-0.4, -0.2) is 18.4 Å². The lowest BCUT2D eigenvalue weighted by Crippen LogP contribution is -2.09. The number of para-hydroxylation sites is 1. The van der Waals surface area contributed by atoms with Crippen molar-refractivity contribution >= 4 is 29.3 Å². The van der Waals surface area contributed by atoms with Crippen molar-refractivity contribution in [1.29, 1.82) is 0 Å². The van der Waals surface area contributed by atoms with Crippen molar-refractivity contribution in [1.82, 2.24) is 0 Å². The molecule has 2 aromatic rings. The first-order chi connectivity index (χ1) is 11.9. The first-order valence-electron chi connectivity index (χ1n) is 7.34. The molecule has 5 nitrogen and oxygen atoms in total. The molecule has 0 atom stereocenters. The number of anilines is 2. The maximum atomic E-state index is 12.3. The lowest BCUT2D eigenvalue weighted by atomic mass is 10.2. The third-order valence-corrected chi connectivity index (χ3v) is 3.02. The van der Waals surface area contributed by atoms with E-state index < -0.39 is 12.5 Å². The monoisotopic (exact) mass is 346 g/mol. The highest BCUT2D eigenvalue weighted by Gasteiger charge is 2.07. The van der Waals surface area contributed by atoms with Crippen LogP contribution in [0.4, 0.5) is 20.2 Å². The summed E-state index contributed by atoms with van der Waals surface area (Å²) in [6.07, 6.45) is 2.61. The van der Waals surface area contributed by atoms with Gasteiger partial charge in [0.05, 0.1) is 0 Å². The average molecular weight is 346 g/mol. The fourth-order valence-corrected chi connectivity index (χ4v) is 2.01. The molecule has 0 saturated heterocycles. The zero-order valence-electron chi connectivity index (χ0n) is 13.3. The third kappa shape index (κ3) is 6.06. The van der Waals surface area contributed by atoms with E-state index >= 15 is 0 Å². The van der Waals surface area contributed by atoms with Crippen molar-refractivity contribution < 1.29 is 23.1 Å². The summed E-state index contributed by atoms with van der Waals surface area (Å²) < 4.78 is 29.1. The molecule has 0 aromatic heterocycles. The second-order valence-corrected chi connectivity index (χ2v) is 5.00.